The van der Waals surface area contributed by atoms with Crippen molar-refractivity contribution in [3.05, 3.63) is 77.4 Å². The summed E-state index contributed by atoms with van der Waals surface area (Å²) in [6, 6.07) is 12.6. The zero-order valence-electron chi connectivity index (χ0n) is 14.3. The van der Waals surface area contributed by atoms with Crippen molar-refractivity contribution in [1.82, 2.24) is 15.1 Å². The van der Waals surface area contributed by atoms with E-state index in [4.69, 9.17) is 0 Å². The minimum atomic E-state index is -0.382. The lowest BCUT2D eigenvalue weighted by atomic mass is 10.1. The molecule has 0 saturated carbocycles. The fraction of sp³-hybridized carbons (Fsp3) is 0.105. The first-order chi connectivity index (χ1) is 12.5. The molecule has 26 heavy (non-hydrogen) atoms. The maximum Gasteiger partial charge on any atom is 0.259 e. The van der Waals surface area contributed by atoms with Gasteiger partial charge in [-0.2, -0.15) is 5.10 Å². The SMILES string of the molecule is CNC(=O)c1ccccc1NC(=O)c1cnn(-c2ccc(F)cc2)c1C. The van der Waals surface area contributed by atoms with Gasteiger partial charge in [-0.15, -0.1) is 0 Å². The van der Waals surface area contributed by atoms with Gasteiger partial charge in [-0.05, 0) is 43.3 Å². The molecular formula is C19H17FN4O2. The molecule has 2 aromatic carbocycles. The van der Waals surface area contributed by atoms with Crippen molar-refractivity contribution in [3.8, 4) is 5.69 Å². The number of para-hydroxylation sites is 1. The standard InChI is InChI=1S/C19H17FN4O2/c1-12-16(11-22-24(12)14-9-7-13(20)8-10-14)19(26)23-17-6-4-3-5-15(17)18(25)21-2/h3-11H,1-2H3,(H,21,25)(H,23,26). The van der Waals surface area contributed by atoms with Crippen LogP contribution in [0, 0.1) is 12.7 Å². The van der Waals surface area contributed by atoms with Gasteiger partial charge in [-0.1, -0.05) is 12.1 Å². The van der Waals surface area contributed by atoms with Crippen LogP contribution < -0.4 is 10.6 Å². The average molecular weight is 352 g/mol. The summed E-state index contributed by atoms with van der Waals surface area (Å²) >= 11 is 0. The Morgan fingerprint density at radius 2 is 1.69 bits per heavy atom. The lowest BCUT2D eigenvalue weighted by Crippen LogP contribution is -2.21. The van der Waals surface area contributed by atoms with Gasteiger partial charge < -0.3 is 10.6 Å². The molecule has 3 aromatic rings. The van der Waals surface area contributed by atoms with E-state index in [-0.39, 0.29) is 17.6 Å². The van der Waals surface area contributed by atoms with Crippen molar-refractivity contribution >= 4 is 17.5 Å². The Labute approximate surface area is 149 Å². The van der Waals surface area contributed by atoms with E-state index in [2.05, 4.69) is 15.7 Å². The molecule has 6 nitrogen and oxygen atoms in total. The number of nitrogens with one attached hydrogen (secondary N) is 2. The topological polar surface area (TPSA) is 76.0 Å². The Kier molecular flexibility index (Phi) is 4.79. The number of anilines is 1. The number of nitrogens with zero attached hydrogens (tertiary/aromatic N) is 2. The molecule has 0 fully saturated rings. The number of benzene rings is 2. The first-order valence-corrected chi connectivity index (χ1v) is 7.94. The van der Waals surface area contributed by atoms with E-state index in [1.165, 1.54) is 25.4 Å². The lowest BCUT2D eigenvalue weighted by molar-refractivity contribution is 0.0964. The van der Waals surface area contributed by atoms with Crippen molar-refractivity contribution in [3.63, 3.8) is 0 Å². The summed E-state index contributed by atoms with van der Waals surface area (Å²) < 4.78 is 14.6. The van der Waals surface area contributed by atoms with E-state index in [1.54, 1.807) is 48.0 Å². The van der Waals surface area contributed by atoms with Gasteiger partial charge in [0.1, 0.15) is 5.82 Å². The highest BCUT2D eigenvalue weighted by atomic mass is 19.1. The van der Waals surface area contributed by atoms with E-state index in [0.29, 0.717) is 28.2 Å². The highest BCUT2D eigenvalue weighted by molar-refractivity contribution is 6.09. The largest absolute Gasteiger partial charge is 0.355 e. The summed E-state index contributed by atoms with van der Waals surface area (Å²) in [5, 5.41) is 9.49. The number of halogens is 1. The van der Waals surface area contributed by atoms with Crippen molar-refractivity contribution in [2.24, 2.45) is 0 Å². The quantitative estimate of drug-likeness (QED) is 0.758. The monoisotopic (exact) mass is 352 g/mol. The van der Waals surface area contributed by atoms with Crippen LogP contribution in [0.3, 0.4) is 0 Å². The van der Waals surface area contributed by atoms with Crippen LogP contribution in [-0.4, -0.2) is 28.6 Å². The fourth-order valence-electron chi connectivity index (χ4n) is 2.59. The molecule has 132 valence electrons. The summed E-state index contributed by atoms with van der Waals surface area (Å²) in [5.74, 6) is -1.02. The number of carbonyl (C=O) groups is 2. The number of aromatic nitrogens is 2. The molecule has 7 heteroatoms. The molecule has 0 saturated heterocycles. The summed E-state index contributed by atoms with van der Waals surface area (Å²) in [5.41, 5.74) is 2.39. The maximum atomic E-state index is 13.1. The normalized spacial score (nSPS) is 10.4. The zero-order chi connectivity index (χ0) is 18.7. The zero-order valence-corrected chi connectivity index (χ0v) is 14.3. The van der Waals surface area contributed by atoms with Crippen LogP contribution in [0.2, 0.25) is 0 Å². The van der Waals surface area contributed by atoms with Crippen LogP contribution in [0.4, 0.5) is 10.1 Å². The van der Waals surface area contributed by atoms with Crippen LogP contribution in [0.25, 0.3) is 5.69 Å². The molecule has 0 aliphatic carbocycles. The molecule has 0 spiro atoms. The van der Waals surface area contributed by atoms with E-state index in [1.807, 2.05) is 0 Å². The molecule has 0 aliphatic rings. The smallest absolute Gasteiger partial charge is 0.259 e. The third-order valence-electron chi connectivity index (χ3n) is 3.97. The van der Waals surface area contributed by atoms with E-state index in [9.17, 15) is 14.0 Å². The molecule has 2 amide bonds. The van der Waals surface area contributed by atoms with Crippen molar-refractivity contribution in [2.75, 3.05) is 12.4 Å². The molecule has 0 atom stereocenters. The van der Waals surface area contributed by atoms with Crippen LogP contribution in [0.15, 0.2) is 54.7 Å². The molecule has 2 N–H and O–H groups in total. The molecule has 0 unspecified atom stereocenters. The number of hydrogen-bond acceptors (Lipinski definition) is 3. The second-order valence-corrected chi connectivity index (χ2v) is 5.61. The summed E-state index contributed by atoms with van der Waals surface area (Å²) in [6.07, 6.45) is 1.44. The fourth-order valence-corrected chi connectivity index (χ4v) is 2.59. The predicted octanol–water partition coefficient (Wildman–Crippen LogP) is 2.93. The number of carbonyl (C=O) groups excluding carboxylic acids is 2. The van der Waals surface area contributed by atoms with Crippen LogP contribution >= 0.6 is 0 Å². The van der Waals surface area contributed by atoms with Gasteiger partial charge in [0.2, 0.25) is 0 Å². The number of rotatable bonds is 4. The Balaban J connectivity index is 1.88. The van der Waals surface area contributed by atoms with Gasteiger partial charge >= 0.3 is 0 Å². The Hall–Kier alpha value is -3.48. The molecule has 3 rings (SSSR count). The highest BCUT2D eigenvalue weighted by Gasteiger charge is 2.18. The number of amides is 2. The van der Waals surface area contributed by atoms with Gasteiger partial charge in [-0.25, -0.2) is 9.07 Å². The van der Waals surface area contributed by atoms with E-state index in [0.717, 1.165) is 0 Å². The highest BCUT2D eigenvalue weighted by Crippen LogP contribution is 2.19. The maximum absolute atomic E-state index is 13.1. The Morgan fingerprint density at radius 1 is 1.00 bits per heavy atom. The average Bonchev–Trinajstić information content (AvgIpc) is 3.04. The van der Waals surface area contributed by atoms with Gasteiger partial charge in [0.05, 0.1) is 34.4 Å². The molecule has 0 aliphatic heterocycles. The predicted molar refractivity (Wildman–Crippen MR) is 96.0 cm³/mol. The van der Waals surface area contributed by atoms with Crippen molar-refractivity contribution in [2.45, 2.75) is 6.92 Å². The summed E-state index contributed by atoms with van der Waals surface area (Å²) in [6.45, 7) is 1.75. The second kappa shape index (κ2) is 7.18. The summed E-state index contributed by atoms with van der Waals surface area (Å²) in [7, 11) is 1.53. The molecule has 1 heterocycles. The summed E-state index contributed by atoms with van der Waals surface area (Å²) in [4.78, 5) is 24.6. The minimum absolute atomic E-state index is 0.292. The van der Waals surface area contributed by atoms with Gasteiger partial charge in [0.25, 0.3) is 11.8 Å². The van der Waals surface area contributed by atoms with Gasteiger partial charge in [0.15, 0.2) is 0 Å². The van der Waals surface area contributed by atoms with E-state index >= 15 is 0 Å². The molecule has 0 radical (unpaired) electrons. The van der Waals surface area contributed by atoms with Gasteiger partial charge in [0, 0.05) is 7.05 Å². The second-order valence-electron chi connectivity index (χ2n) is 5.61. The first kappa shape index (κ1) is 17.3. The van der Waals surface area contributed by atoms with Crippen LogP contribution in [0.1, 0.15) is 26.4 Å². The number of hydrogen-bond donors (Lipinski definition) is 2. The van der Waals surface area contributed by atoms with Crippen molar-refractivity contribution in [1.29, 1.82) is 0 Å². The molecule has 1 aromatic heterocycles. The van der Waals surface area contributed by atoms with Crippen LogP contribution in [-0.2, 0) is 0 Å². The minimum Gasteiger partial charge on any atom is -0.355 e. The Morgan fingerprint density at radius 3 is 2.38 bits per heavy atom. The molecule has 0 bridgehead atoms. The van der Waals surface area contributed by atoms with Crippen LogP contribution in [0.5, 0.6) is 0 Å². The third kappa shape index (κ3) is 3.32. The lowest BCUT2D eigenvalue weighted by Gasteiger charge is -2.10. The third-order valence-corrected chi connectivity index (χ3v) is 3.97. The van der Waals surface area contributed by atoms with Crippen molar-refractivity contribution < 1.29 is 14.0 Å². The van der Waals surface area contributed by atoms with Gasteiger partial charge in [-0.3, -0.25) is 9.59 Å². The Bertz CT molecular complexity index is 964. The first-order valence-electron chi connectivity index (χ1n) is 7.94. The molecular weight excluding hydrogens is 335 g/mol. The van der Waals surface area contributed by atoms with E-state index < -0.39 is 0 Å².